The Morgan fingerprint density at radius 1 is 1.21 bits per heavy atom. The van der Waals surface area contributed by atoms with Crippen molar-refractivity contribution in [2.75, 3.05) is 13.1 Å². The summed E-state index contributed by atoms with van der Waals surface area (Å²) in [4.78, 5) is 38.8. The highest BCUT2D eigenvalue weighted by Gasteiger charge is 2.21. The predicted molar refractivity (Wildman–Crippen MR) is 120 cm³/mol. The molecule has 3 aromatic heterocycles. The number of aryl methyl sites for hydroxylation is 1. The minimum atomic E-state index is -0.833. The fourth-order valence-corrected chi connectivity index (χ4v) is 3.94. The molecule has 0 radical (unpaired) electrons. The number of thioether (sulfide) groups is 1. The molecule has 1 aliphatic heterocycles. The van der Waals surface area contributed by atoms with Gasteiger partial charge in [0.05, 0.1) is 5.69 Å². The number of carbonyl (C=O) groups is 2. The van der Waals surface area contributed by atoms with Gasteiger partial charge in [0.15, 0.2) is 5.16 Å². The lowest BCUT2D eigenvalue weighted by molar-refractivity contribution is -0.135. The summed E-state index contributed by atoms with van der Waals surface area (Å²) in [7, 11) is 1.99. The SMILES string of the molecule is CC(=O)O.CC(=O)O.Cc1nc2nc(CSc3nnc(C4CCCNC4)n3C)cc(=O)n2[nH]1. The summed E-state index contributed by atoms with van der Waals surface area (Å²) in [5.41, 5.74) is 0.526. The average molecular weight is 481 g/mol. The van der Waals surface area contributed by atoms with Crippen LogP contribution in [0.5, 0.6) is 0 Å². The number of aromatic nitrogens is 7. The number of piperidine rings is 1. The summed E-state index contributed by atoms with van der Waals surface area (Å²) in [5, 5.41) is 30.6. The van der Waals surface area contributed by atoms with Crippen molar-refractivity contribution in [1.82, 2.24) is 39.7 Å². The number of rotatable bonds is 4. The molecule has 0 aliphatic carbocycles. The van der Waals surface area contributed by atoms with Crippen LogP contribution in [0, 0.1) is 6.92 Å². The van der Waals surface area contributed by atoms with E-state index in [4.69, 9.17) is 19.8 Å². The van der Waals surface area contributed by atoms with Crippen LogP contribution in [-0.2, 0) is 22.4 Å². The first-order chi connectivity index (χ1) is 15.6. The number of nitrogens with one attached hydrogen (secondary N) is 2. The number of carboxylic acid groups (broad SMARTS) is 2. The van der Waals surface area contributed by atoms with Crippen molar-refractivity contribution in [3.63, 3.8) is 0 Å². The van der Waals surface area contributed by atoms with Crippen LogP contribution in [-0.4, -0.2) is 69.6 Å². The maximum Gasteiger partial charge on any atom is 0.300 e. The first kappa shape index (κ1) is 26.0. The molecule has 14 heteroatoms. The molecule has 1 aliphatic rings. The molecule has 3 aromatic rings. The van der Waals surface area contributed by atoms with Gasteiger partial charge in [-0.1, -0.05) is 11.8 Å². The second kappa shape index (κ2) is 12.1. The zero-order chi connectivity index (χ0) is 24.5. The van der Waals surface area contributed by atoms with Gasteiger partial charge in [-0.15, -0.1) is 10.2 Å². The summed E-state index contributed by atoms with van der Waals surface area (Å²) < 4.78 is 3.40. The first-order valence-corrected chi connectivity index (χ1v) is 11.1. The van der Waals surface area contributed by atoms with E-state index in [-0.39, 0.29) is 5.56 Å². The van der Waals surface area contributed by atoms with Crippen LogP contribution in [0.1, 0.15) is 49.9 Å². The lowest BCUT2D eigenvalue weighted by Crippen LogP contribution is -2.29. The smallest absolute Gasteiger partial charge is 0.300 e. The molecule has 0 aromatic carbocycles. The molecular formula is C19H28N8O5S. The summed E-state index contributed by atoms with van der Waals surface area (Å²) in [5.74, 6) is 1.36. The largest absolute Gasteiger partial charge is 0.481 e. The van der Waals surface area contributed by atoms with Gasteiger partial charge >= 0.3 is 0 Å². The summed E-state index contributed by atoms with van der Waals surface area (Å²) >= 11 is 1.53. The van der Waals surface area contributed by atoms with E-state index in [1.807, 2.05) is 11.6 Å². The quantitative estimate of drug-likeness (QED) is 0.388. The van der Waals surface area contributed by atoms with Crippen LogP contribution in [0.25, 0.3) is 5.78 Å². The highest BCUT2D eigenvalue weighted by Crippen LogP contribution is 2.26. The number of fused-ring (bicyclic) bond motifs is 1. The van der Waals surface area contributed by atoms with E-state index in [1.54, 1.807) is 6.92 Å². The number of nitrogens with zero attached hydrogens (tertiary/aromatic N) is 6. The molecule has 1 unspecified atom stereocenters. The first-order valence-electron chi connectivity index (χ1n) is 10.2. The minimum absolute atomic E-state index is 0.159. The van der Waals surface area contributed by atoms with Crippen LogP contribution in [0.15, 0.2) is 16.0 Å². The molecule has 4 rings (SSSR count). The van der Waals surface area contributed by atoms with E-state index >= 15 is 0 Å². The molecule has 1 atom stereocenters. The Hall–Kier alpha value is -3.26. The van der Waals surface area contributed by atoms with Gasteiger partial charge in [0.1, 0.15) is 11.6 Å². The van der Waals surface area contributed by atoms with Crippen molar-refractivity contribution in [1.29, 1.82) is 0 Å². The Morgan fingerprint density at radius 2 is 1.88 bits per heavy atom. The van der Waals surface area contributed by atoms with Gasteiger partial charge in [0.25, 0.3) is 23.3 Å². The number of H-pyrrole nitrogens is 1. The van der Waals surface area contributed by atoms with Crippen LogP contribution in [0.4, 0.5) is 0 Å². The van der Waals surface area contributed by atoms with Gasteiger partial charge in [-0.3, -0.25) is 19.5 Å². The molecule has 1 fully saturated rings. The maximum absolute atomic E-state index is 12.1. The molecule has 33 heavy (non-hydrogen) atoms. The number of hydrogen-bond donors (Lipinski definition) is 4. The van der Waals surface area contributed by atoms with Crippen molar-refractivity contribution in [3.8, 4) is 0 Å². The Kier molecular flexibility index (Phi) is 9.54. The Bertz CT molecular complexity index is 1130. The highest BCUT2D eigenvalue weighted by molar-refractivity contribution is 7.98. The molecule has 0 amide bonds. The van der Waals surface area contributed by atoms with Crippen molar-refractivity contribution in [2.24, 2.45) is 7.05 Å². The standard InChI is InChI=1S/C15H20N8OS.2C2H4O2/c1-9-17-14-18-11(6-12(24)23(14)21-9)8-25-15-20-19-13(22(15)2)10-4-3-5-16-7-10;2*1-2(3)4/h6,10,16H,3-5,7-8H2,1-2H3,(H,17,18,21);2*1H3,(H,3,4). The van der Waals surface area contributed by atoms with Crippen molar-refractivity contribution in [3.05, 3.63) is 33.8 Å². The number of aromatic amines is 1. The number of hydrogen-bond acceptors (Lipinski definition) is 9. The van der Waals surface area contributed by atoms with Crippen molar-refractivity contribution in [2.45, 2.75) is 50.4 Å². The molecule has 4 N–H and O–H groups in total. The van der Waals surface area contributed by atoms with Gasteiger partial charge in [-0.05, 0) is 26.3 Å². The van der Waals surface area contributed by atoms with E-state index in [2.05, 4.69) is 30.6 Å². The van der Waals surface area contributed by atoms with Crippen LogP contribution in [0.2, 0.25) is 0 Å². The molecule has 0 spiro atoms. The van der Waals surface area contributed by atoms with Crippen LogP contribution < -0.4 is 10.9 Å². The van der Waals surface area contributed by atoms with E-state index in [0.29, 0.717) is 29.0 Å². The number of carboxylic acids is 2. The predicted octanol–water partition coefficient (Wildman–Crippen LogP) is 0.796. The molecule has 1 saturated heterocycles. The molecule has 180 valence electrons. The third-order valence-electron chi connectivity index (χ3n) is 4.38. The van der Waals surface area contributed by atoms with Crippen LogP contribution >= 0.6 is 11.8 Å². The highest BCUT2D eigenvalue weighted by atomic mass is 32.2. The fourth-order valence-electron chi connectivity index (χ4n) is 3.13. The lowest BCUT2D eigenvalue weighted by Gasteiger charge is -2.21. The fraction of sp³-hybridized carbons (Fsp3) is 0.526. The summed E-state index contributed by atoms with van der Waals surface area (Å²) in [6.45, 7) is 5.99. The maximum atomic E-state index is 12.1. The zero-order valence-corrected chi connectivity index (χ0v) is 19.7. The van der Waals surface area contributed by atoms with E-state index in [1.165, 1.54) is 22.3 Å². The van der Waals surface area contributed by atoms with Gasteiger partial charge in [0.2, 0.25) is 0 Å². The van der Waals surface area contributed by atoms with Crippen molar-refractivity contribution < 1.29 is 19.8 Å². The van der Waals surface area contributed by atoms with Gasteiger partial charge in [0, 0.05) is 45.2 Å². The zero-order valence-electron chi connectivity index (χ0n) is 18.9. The van der Waals surface area contributed by atoms with E-state index in [9.17, 15) is 4.79 Å². The van der Waals surface area contributed by atoms with Crippen LogP contribution in [0.3, 0.4) is 0 Å². The summed E-state index contributed by atoms with van der Waals surface area (Å²) in [6.07, 6.45) is 2.30. The third kappa shape index (κ3) is 7.98. The molecule has 4 heterocycles. The topological polar surface area (TPSA) is 180 Å². The lowest BCUT2D eigenvalue weighted by atomic mass is 9.99. The van der Waals surface area contributed by atoms with Crippen molar-refractivity contribution >= 4 is 29.5 Å². The van der Waals surface area contributed by atoms with Gasteiger partial charge in [-0.2, -0.15) is 9.50 Å². The monoisotopic (exact) mass is 480 g/mol. The number of aliphatic carboxylic acids is 2. The second-order valence-electron chi connectivity index (χ2n) is 7.30. The Labute approximate surface area is 193 Å². The summed E-state index contributed by atoms with van der Waals surface area (Å²) in [6, 6.07) is 1.53. The van der Waals surface area contributed by atoms with Gasteiger partial charge in [-0.25, -0.2) is 4.98 Å². The van der Waals surface area contributed by atoms with E-state index in [0.717, 1.165) is 50.8 Å². The Morgan fingerprint density at radius 3 is 2.48 bits per heavy atom. The Balaban J connectivity index is 0.000000420. The molecule has 0 saturated carbocycles. The third-order valence-corrected chi connectivity index (χ3v) is 5.43. The molecular weight excluding hydrogens is 452 g/mol. The van der Waals surface area contributed by atoms with Gasteiger partial charge < -0.3 is 20.1 Å². The molecule has 0 bridgehead atoms. The van der Waals surface area contributed by atoms with E-state index < -0.39 is 11.9 Å². The minimum Gasteiger partial charge on any atom is -0.481 e. The average Bonchev–Trinajstić information content (AvgIpc) is 3.28. The normalized spacial score (nSPS) is 15.2. The molecule has 13 nitrogen and oxygen atoms in total. The second-order valence-corrected chi connectivity index (χ2v) is 8.24.